The molecule has 3 aromatic heterocycles. The summed E-state index contributed by atoms with van der Waals surface area (Å²) in [5, 5.41) is 11.5. The van der Waals surface area contributed by atoms with Crippen molar-refractivity contribution in [3.8, 4) is 11.3 Å². The highest BCUT2D eigenvalue weighted by Gasteiger charge is 2.37. The van der Waals surface area contributed by atoms with E-state index in [2.05, 4.69) is 30.8 Å². The highest BCUT2D eigenvalue weighted by atomic mass is 19.4. The number of fused-ring (bicyclic) bond motifs is 1. The van der Waals surface area contributed by atoms with Crippen LogP contribution >= 0.6 is 0 Å². The predicted octanol–water partition coefficient (Wildman–Crippen LogP) is 2.90. The molecule has 0 unspecified atom stereocenters. The molecule has 10 nitrogen and oxygen atoms in total. The van der Waals surface area contributed by atoms with E-state index in [0.29, 0.717) is 49.0 Å². The number of aromatic nitrogens is 5. The van der Waals surface area contributed by atoms with Gasteiger partial charge in [0, 0.05) is 42.9 Å². The van der Waals surface area contributed by atoms with Crippen LogP contribution < -0.4 is 16.4 Å². The van der Waals surface area contributed by atoms with Gasteiger partial charge in [-0.3, -0.25) is 14.3 Å². The summed E-state index contributed by atoms with van der Waals surface area (Å²) in [4.78, 5) is 21.0. The number of aromatic amines is 1. The highest BCUT2D eigenvalue weighted by Crippen LogP contribution is 2.36. The van der Waals surface area contributed by atoms with Crippen molar-refractivity contribution < 1.29 is 22.7 Å². The smallest absolute Gasteiger partial charge is 0.378 e. The Balaban J connectivity index is 1.53. The molecule has 0 atom stereocenters. The van der Waals surface area contributed by atoms with Gasteiger partial charge in [0.05, 0.1) is 30.7 Å². The Morgan fingerprint density at radius 1 is 1.26 bits per heavy atom. The van der Waals surface area contributed by atoms with E-state index in [0.717, 1.165) is 5.56 Å². The van der Waals surface area contributed by atoms with Gasteiger partial charge in [-0.2, -0.15) is 18.3 Å². The Labute approximate surface area is 197 Å². The first-order valence-electron chi connectivity index (χ1n) is 10.7. The normalized spacial score (nSPS) is 11.7. The minimum Gasteiger partial charge on any atom is -0.378 e. The van der Waals surface area contributed by atoms with Gasteiger partial charge in [-0.1, -0.05) is 0 Å². The van der Waals surface area contributed by atoms with Crippen LogP contribution in [0.3, 0.4) is 0 Å². The van der Waals surface area contributed by atoms with E-state index in [1.54, 1.807) is 25.1 Å². The largest absolute Gasteiger partial charge is 0.435 e. The number of nitrogens with two attached hydrogens (primary N) is 1. The quantitative estimate of drug-likeness (QED) is 0.266. The molecule has 0 bridgehead atoms. The van der Waals surface area contributed by atoms with Crippen LogP contribution in [-0.2, 0) is 10.9 Å². The molecule has 35 heavy (non-hydrogen) atoms. The molecule has 4 aromatic rings. The van der Waals surface area contributed by atoms with E-state index in [9.17, 15) is 18.0 Å². The predicted molar refractivity (Wildman–Crippen MR) is 122 cm³/mol. The first kappa shape index (κ1) is 24.2. The number of nitrogens with one attached hydrogen (secondary N) is 3. The van der Waals surface area contributed by atoms with Crippen LogP contribution in [0, 0.1) is 6.92 Å². The van der Waals surface area contributed by atoms with E-state index in [1.165, 1.54) is 29.2 Å². The lowest BCUT2D eigenvalue weighted by atomic mass is 10.1. The van der Waals surface area contributed by atoms with Crippen molar-refractivity contribution in [2.45, 2.75) is 13.1 Å². The SMILES string of the molecule is Cc1cc(Nc2nccn3c(-c4c[nH]nc4C(F)(F)F)cnc23)ccc1C(=O)NCCOCCN. The molecule has 4 rings (SSSR count). The number of rotatable bonds is 9. The third-order valence-corrected chi connectivity index (χ3v) is 5.14. The number of carbonyl (C=O) groups is 1. The first-order valence-corrected chi connectivity index (χ1v) is 10.7. The third-order valence-electron chi connectivity index (χ3n) is 5.14. The number of nitrogens with zero attached hydrogens (tertiary/aromatic N) is 4. The molecule has 0 aliphatic carbocycles. The van der Waals surface area contributed by atoms with E-state index >= 15 is 0 Å². The summed E-state index contributed by atoms with van der Waals surface area (Å²) in [5.74, 6) is 0.105. The molecule has 0 spiro atoms. The van der Waals surface area contributed by atoms with Crippen LogP contribution in [0.15, 0.2) is 43.0 Å². The van der Waals surface area contributed by atoms with Gasteiger partial charge in [-0.25, -0.2) is 9.97 Å². The molecule has 0 saturated heterocycles. The van der Waals surface area contributed by atoms with Gasteiger partial charge >= 0.3 is 6.18 Å². The standard InChI is InChI=1S/C22H23F3N8O2/c1-13-10-14(2-3-15(13)21(34)28-6-9-35-8-4-26)31-19-20-29-12-17(33(20)7-5-27-19)16-11-30-32-18(16)22(23,24)25/h2-3,5,7,10-12H,4,6,8-9,26H2,1H3,(H,27,31)(H,28,34)(H,30,32). The van der Waals surface area contributed by atoms with Crippen LogP contribution in [0.4, 0.5) is 24.7 Å². The second-order valence-electron chi connectivity index (χ2n) is 7.57. The lowest BCUT2D eigenvalue weighted by molar-refractivity contribution is -0.140. The number of hydrogen-bond acceptors (Lipinski definition) is 7. The molecular weight excluding hydrogens is 465 g/mol. The van der Waals surface area contributed by atoms with Crippen molar-refractivity contribution in [2.24, 2.45) is 5.73 Å². The fraction of sp³-hybridized carbons (Fsp3) is 0.273. The summed E-state index contributed by atoms with van der Waals surface area (Å²) in [6.07, 6.45) is 0.868. The van der Waals surface area contributed by atoms with Gasteiger partial charge in [0.15, 0.2) is 17.2 Å². The second kappa shape index (κ2) is 10.1. The number of carbonyl (C=O) groups excluding carboxylic acids is 1. The van der Waals surface area contributed by atoms with Crippen LogP contribution in [0.25, 0.3) is 16.9 Å². The second-order valence-corrected chi connectivity index (χ2v) is 7.57. The molecule has 0 aliphatic rings. The van der Waals surface area contributed by atoms with Crippen molar-refractivity contribution in [3.05, 3.63) is 59.8 Å². The molecule has 0 fully saturated rings. The van der Waals surface area contributed by atoms with E-state index in [4.69, 9.17) is 10.5 Å². The maximum Gasteiger partial charge on any atom is 0.435 e. The average molecular weight is 488 g/mol. The molecule has 1 aromatic carbocycles. The van der Waals surface area contributed by atoms with Crippen LogP contribution in [0.2, 0.25) is 0 Å². The van der Waals surface area contributed by atoms with Crippen molar-refractivity contribution >= 4 is 23.1 Å². The molecule has 0 saturated carbocycles. The maximum atomic E-state index is 13.3. The Kier molecular flexibility index (Phi) is 6.98. The summed E-state index contributed by atoms with van der Waals surface area (Å²) >= 11 is 0. The summed E-state index contributed by atoms with van der Waals surface area (Å²) in [5.41, 5.74) is 6.60. The van der Waals surface area contributed by atoms with Crippen molar-refractivity contribution in [1.29, 1.82) is 0 Å². The van der Waals surface area contributed by atoms with Crippen LogP contribution in [0.5, 0.6) is 0 Å². The fourth-order valence-electron chi connectivity index (χ4n) is 3.56. The minimum atomic E-state index is -4.61. The maximum absolute atomic E-state index is 13.3. The number of imidazole rings is 1. The number of alkyl halides is 3. The topological polar surface area (TPSA) is 135 Å². The molecule has 3 heterocycles. The number of hydrogen-bond donors (Lipinski definition) is 4. The summed E-state index contributed by atoms with van der Waals surface area (Å²) in [6.45, 7) is 3.37. The number of anilines is 2. The zero-order valence-electron chi connectivity index (χ0n) is 18.7. The Hall–Kier alpha value is -3.97. The molecule has 13 heteroatoms. The Bertz CT molecular complexity index is 1330. The zero-order valence-corrected chi connectivity index (χ0v) is 18.7. The number of amides is 1. The third kappa shape index (κ3) is 5.25. The molecule has 184 valence electrons. The summed E-state index contributed by atoms with van der Waals surface area (Å²) in [6, 6.07) is 5.15. The summed E-state index contributed by atoms with van der Waals surface area (Å²) in [7, 11) is 0. The Morgan fingerprint density at radius 2 is 2.09 bits per heavy atom. The van der Waals surface area contributed by atoms with Gasteiger partial charge in [-0.05, 0) is 30.7 Å². The minimum absolute atomic E-state index is 0.123. The number of benzene rings is 1. The fourth-order valence-corrected chi connectivity index (χ4v) is 3.56. The molecule has 1 amide bonds. The van der Waals surface area contributed by atoms with Gasteiger partial charge in [-0.15, -0.1) is 0 Å². The lowest BCUT2D eigenvalue weighted by Crippen LogP contribution is -2.28. The number of halogens is 3. The lowest BCUT2D eigenvalue weighted by Gasteiger charge is -2.12. The van der Waals surface area contributed by atoms with E-state index < -0.39 is 11.9 Å². The number of ether oxygens (including phenoxy) is 1. The van der Waals surface area contributed by atoms with Crippen molar-refractivity contribution in [3.63, 3.8) is 0 Å². The van der Waals surface area contributed by atoms with Gasteiger partial charge in [0.2, 0.25) is 0 Å². The van der Waals surface area contributed by atoms with Crippen LogP contribution in [-0.4, -0.2) is 56.8 Å². The number of H-pyrrole nitrogens is 1. The summed E-state index contributed by atoms with van der Waals surface area (Å²) < 4.78 is 46.7. The van der Waals surface area contributed by atoms with Gasteiger partial charge < -0.3 is 21.1 Å². The van der Waals surface area contributed by atoms with Crippen LogP contribution in [0.1, 0.15) is 21.6 Å². The zero-order chi connectivity index (χ0) is 25.0. The molecule has 0 radical (unpaired) electrons. The Morgan fingerprint density at radius 3 is 2.83 bits per heavy atom. The average Bonchev–Trinajstić information content (AvgIpc) is 3.46. The van der Waals surface area contributed by atoms with E-state index in [1.807, 2.05) is 0 Å². The molecule has 5 N–H and O–H groups in total. The first-order chi connectivity index (χ1) is 16.8. The van der Waals surface area contributed by atoms with Crippen molar-refractivity contribution in [2.75, 3.05) is 31.6 Å². The van der Waals surface area contributed by atoms with Gasteiger partial charge in [0.1, 0.15) is 0 Å². The monoisotopic (exact) mass is 488 g/mol. The van der Waals surface area contributed by atoms with Crippen molar-refractivity contribution in [1.82, 2.24) is 29.9 Å². The van der Waals surface area contributed by atoms with Gasteiger partial charge in [0.25, 0.3) is 5.91 Å². The number of aryl methyl sites for hydroxylation is 1. The van der Waals surface area contributed by atoms with E-state index in [-0.39, 0.29) is 17.2 Å². The molecule has 0 aliphatic heterocycles. The molecular formula is C22H23F3N8O2. The highest BCUT2D eigenvalue weighted by molar-refractivity contribution is 5.96.